The van der Waals surface area contributed by atoms with Crippen molar-refractivity contribution in [2.75, 3.05) is 18.0 Å². The number of aromatic nitrogens is 1. The van der Waals surface area contributed by atoms with Crippen molar-refractivity contribution in [3.05, 3.63) is 24.0 Å². The number of rotatable bonds is 5. The Kier molecular flexibility index (Phi) is 4.65. The molecule has 3 heteroatoms. The molecule has 3 nitrogen and oxygen atoms in total. The second kappa shape index (κ2) is 6.05. The molecule has 0 aliphatic carbocycles. The smallest absolute Gasteiger partial charge is 0.0791 e. The molecule has 80 valence electrons. The van der Waals surface area contributed by atoms with Crippen LogP contribution in [0.3, 0.4) is 0 Å². The molecular weight excluding hydrogens is 186 g/mol. The topological polar surface area (TPSA) is 42.2 Å². The minimum atomic E-state index is 0.462. The maximum absolute atomic E-state index is 5.55. The molecule has 0 amide bonds. The minimum absolute atomic E-state index is 0.462. The zero-order valence-corrected chi connectivity index (χ0v) is 9.11. The van der Waals surface area contributed by atoms with Gasteiger partial charge in [-0.15, -0.1) is 6.42 Å². The summed E-state index contributed by atoms with van der Waals surface area (Å²) in [6, 6.07) is 3.96. The molecule has 0 aliphatic rings. The number of hydrogen-bond donors (Lipinski definition) is 1. The summed E-state index contributed by atoms with van der Waals surface area (Å²) in [5.74, 6) is 2.66. The lowest BCUT2D eigenvalue weighted by molar-refractivity contribution is 0.819. The second-order valence-electron chi connectivity index (χ2n) is 3.34. The fraction of sp³-hybridized carbons (Fsp3) is 0.417. The summed E-state index contributed by atoms with van der Waals surface area (Å²) >= 11 is 0. The first-order valence-corrected chi connectivity index (χ1v) is 5.15. The highest BCUT2D eigenvalue weighted by Gasteiger charge is 2.04. The largest absolute Gasteiger partial charge is 0.360 e. The Bertz CT molecular complexity index is 341. The molecule has 0 unspecified atom stereocenters. The number of terminal acetylenes is 1. The Labute approximate surface area is 91.3 Å². The average Bonchev–Trinajstić information content (AvgIpc) is 2.29. The van der Waals surface area contributed by atoms with Gasteiger partial charge >= 0.3 is 0 Å². The van der Waals surface area contributed by atoms with E-state index in [2.05, 4.69) is 22.7 Å². The van der Waals surface area contributed by atoms with Gasteiger partial charge in [-0.3, -0.25) is 4.98 Å². The fourth-order valence-corrected chi connectivity index (χ4v) is 1.45. The fourth-order valence-electron chi connectivity index (χ4n) is 1.45. The van der Waals surface area contributed by atoms with Crippen molar-refractivity contribution in [1.29, 1.82) is 0 Å². The van der Waals surface area contributed by atoms with E-state index >= 15 is 0 Å². The molecular formula is C12H17N3. The van der Waals surface area contributed by atoms with Crippen LogP contribution in [0.5, 0.6) is 0 Å². The molecule has 0 spiro atoms. The molecule has 0 saturated carbocycles. The highest BCUT2D eigenvalue weighted by Crippen LogP contribution is 2.14. The first kappa shape index (κ1) is 11.5. The Hall–Kier alpha value is -1.53. The van der Waals surface area contributed by atoms with E-state index in [1.165, 1.54) is 0 Å². The minimum Gasteiger partial charge on any atom is -0.360 e. The van der Waals surface area contributed by atoms with Gasteiger partial charge in [0, 0.05) is 25.0 Å². The molecule has 1 rings (SSSR count). The molecule has 1 heterocycles. The lowest BCUT2D eigenvalue weighted by Crippen LogP contribution is -2.24. The summed E-state index contributed by atoms with van der Waals surface area (Å²) in [6.07, 6.45) is 8.18. The van der Waals surface area contributed by atoms with E-state index in [0.717, 1.165) is 24.3 Å². The standard InChI is InChI=1S/C12H17N3/c1-3-7-15(8-4-2)12-5-6-14-11(9-12)10-13/h1,5-6,9H,4,7-8,10,13H2,2H3. The summed E-state index contributed by atoms with van der Waals surface area (Å²) in [5, 5.41) is 0. The number of anilines is 1. The third kappa shape index (κ3) is 3.26. The van der Waals surface area contributed by atoms with Crippen molar-refractivity contribution < 1.29 is 0 Å². The van der Waals surface area contributed by atoms with Crippen LogP contribution in [-0.4, -0.2) is 18.1 Å². The lowest BCUT2D eigenvalue weighted by Gasteiger charge is -2.21. The first-order valence-electron chi connectivity index (χ1n) is 5.15. The lowest BCUT2D eigenvalue weighted by atomic mass is 10.2. The normalized spacial score (nSPS) is 9.67. The number of nitrogens with two attached hydrogens (primary N) is 1. The van der Waals surface area contributed by atoms with E-state index in [4.69, 9.17) is 12.2 Å². The van der Waals surface area contributed by atoms with Gasteiger partial charge in [-0.1, -0.05) is 12.8 Å². The highest BCUT2D eigenvalue weighted by molar-refractivity contribution is 5.47. The Morgan fingerprint density at radius 1 is 1.60 bits per heavy atom. The molecule has 0 radical (unpaired) electrons. The molecule has 0 atom stereocenters. The van der Waals surface area contributed by atoms with E-state index in [1.807, 2.05) is 12.1 Å². The van der Waals surface area contributed by atoms with E-state index in [9.17, 15) is 0 Å². The van der Waals surface area contributed by atoms with Gasteiger partial charge in [0.05, 0.1) is 12.2 Å². The Balaban J connectivity index is 2.85. The van der Waals surface area contributed by atoms with Gasteiger partial charge in [0.2, 0.25) is 0 Å². The predicted octanol–water partition coefficient (Wildman–Crippen LogP) is 1.39. The van der Waals surface area contributed by atoms with Crippen LogP contribution in [0, 0.1) is 12.3 Å². The quantitative estimate of drug-likeness (QED) is 0.735. The maximum Gasteiger partial charge on any atom is 0.0791 e. The molecule has 0 aliphatic heterocycles. The Morgan fingerprint density at radius 2 is 2.40 bits per heavy atom. The molecule has 2 N–H and O–H groups in total. The number of pyridine rings is 1. The summed E-state index contributed by atoms with van der Waals surface area (Å²) in [7, 11) is 0. The van der Waals surface area contributed by atoms with Crippen LogP contribution < -0.4 is 10.6 Å². The van der Waals surface area contributed by atoms with Crippen molar-refractivity contribution in [2.24, 2.45) is 5.73 Å². The Morgan fingerprint density at radius 3 is 3.00 bits per heavy atom. The van der Waals surface area contributed by atoms with Crippen LogP contribution in [0.1, 0.15) is 19.0 Å². The molecule has 1 aromatic heterocycles. The van der Waals surface area contributed by atoms with Crippen molar-refractivity contribution in [1.82, 2.24) is 4.98 Å². The van der Waals surface area contributed by atoms with Crippen LogP contribution in [0.4, 0.5) is 5.69 Å². The van der Waals surface area contributed by atoms with Crippen molar-refractivity contribution in [3.8, 4) is 12.3 Å². The highest BCUT2D eigenvalue weighted by atomic mass is 15.1. The molecule has 0 saturated heterocycles. The zero-order valence-electron chi connectivity index (χ0n) is 9.11. The van der Waals surface area contributed by atoms with Crippen molar-refractivity contribution >= 4 is 5.69 Å². The van der Waals surface area contributed by atoms with Crippen LogP contribution in [0.15, 0.2) is 18.3 Å². The first-order chi connectivity index (χ1) is 7.31. The summed E-state index contributed by atoms with van der Waals surface area (Å²) in [4.78, 5) is 6.31. The summed E-state index contributed by atoms with van der Waals surface area (Å²) in [6.45, 7) is 4.18. The number of nitrogens with zero attached hydrogens (tertiary/aromatic N) is 2. The maximum atomic E-state index is 5.55. The molecule has 1 aromatic rings. The van der Waals surface area contributed by atoms with Crippen LogP contribution in [0.2, 0.25) is 0 Å². The van der Waals surface area contributed by atoms with Gasteiger partial charge in [-0.2, -0.15) is 0 Å². The van der Waals surface area contributed by atoms with Gasteiger partial charge in [-0.25, -0.2) is 0 Å². The monoisotopic (exact) mass is 203 g/mol. The van der Waals surface area contributed by atoms with Crippen LogP contribution >= 0.6 is 0 Å². The van der Waals surface area contributed by atoms with E-state index in [0.29, 0.717) is 13.1 Å². The predicted molar refractivity (Wildman–Crippen MR) is 63.5 cm³/mol. The molecule has 0 aromatic carbocycles. The van der Waals surface area contributed by atoms with E-state index in [1.54, 1.807) is 6.20 Å². The van der Waals surface area contributed by atoms with Crippen molar-refractivity contribution in [2.45, 2.75) is 19.9 Å². The van der Waals surface area contributed by atoms with E-state index < -0.39 is 0 Å². The summed E-state index contributed by atoms with van der Waals surface area (Å²) < 4.78 is 0. The third-order valence-electron chi connectivity index (χ3n) is 2.15. The summed E-state index contributed by atoms with van der Waals surface area (Å²) in [5.41, 5.74) is 7.54. The molecule has 15 heavy (non-hydrogen) atoms. The van der Waals surface area contributed by atoms with Crippen LogP contribution in [-0.2, 0) is 6.54 Å². The van der Waals surface area contributed by atoms with Gasteiger partial charge < -0.3 is 10.6 Å². The average molecular weight is 203 g/mol. The number of hydrogen-bond acceptors (Lipinski definition) is 3. The zero-order chi connectivity index (χ0) is 11.1. The van der Waals surface area contributed by atoms with E-state index in [-0.39, 0.29) is 0 Å². The van der Waals surface area contributed by atoms with Gasteiger partial charge in [0.15, 0.2) is 0 Å². The SMILES string of the molecule is C#CCN(CCC)c1ccnc(CN)c1. The second-order valence-corrected chi connectivity index (χ2v) is 3.34. The third-order valence-corrected chi connectivity index (χ3v) is 2.15. The van der Waals surface area contributed by atoms with Gasteiger partial charge in [0.1, 0.15) is 0 Å². The van der Waals surface area contributed by atoms with Crippen LogP contribution in [0.25, 0.3) is 0 Å². The van der Waals surface area contributed by atoms with Crippen molar-refractivity contribution in [3.63, 3.8) is 0 Å². The van der Waals surface area contributed by atoms with Gasteiger partial charge in [0.25, 0.3) is 0 Å². The van der Waals surface area contributed by atoms with Gasteiger partial charge in [-0.05, 0) is 18.6 Å². The molecule has 0 bridgehead atoms. The molecule has 0 fully saturated rings.